The van der Waals surface area contributed by atoms with Gasteiger partial charge in [0.05, 0.1) is 10.8 Å². The molecule has 0 spiro atoms. The first-order valence-corrected chi connectivity index (χ1v) is 11.5. The van der Waals surface area contributed by atoms with Crippen molar-refractivity contribution >= 4 is 17.7 Å². The number of nitrogens with zero attached hydrogens (tertiary/aromatic N) is 3. The van der Waals surface area contributed by atoms with E-state index in [0.29, 0.717) is 34.9 Å². The molecule has 1 aromatic carbocycles. The Morgan fingerprint density at radius 2 is 1.93 bits per heavy atom. The van der Waals surface area contributed by atoms with Crippen LogP contribution < -0.4 is 5.32 Å². The lowest BCUT2D eigenvalue weighted by molar-refractivity contribution is -0.120. The number of hydrogen-bond donors (Lipinski definition) is 1. The van der Waals surface area contributed by atoms with E-state index in [2.05, 4.69) is 29.4 Å². The van der Waals surface area contributed by atoms with Crippen molar-refractivity contribution in [2.45, 2.75) is 69.8 Å². The lowest BCUT2D eigenvalue weighted by atomic mass is 9.89. The topological polar surface area (TPSA) is 59.8 Å². The molecule has 7 heteroatoms. The molecule has 0 unspecified atom stereocenters. The molecule has 1 aliphatic rings. The number of nitrogens with one attached hydrogen (secondary N) is 1. The smallest absolute Gasteiger partial charge is 0.233 e. The van der Waals surface area contributed by atoms with Crippen LogP contribution in [0.15, 0.2) is 29.4 Å². The van der Waals surface area contributed by atoms with E-state index in [9.17, 15) is 9.18 Å². The van der Waals surface area contributed by atoms with Crippen LogP contribution in [0.5, 0.6) is 0 Å². The van der Waals surface area contributed by atoms with Crippen molar-refractivity contribution in [3.05, 3.63) is 30.1 Å². The summed E-state index contributed by atoms with van der Waals surface area (Å²) in [5.41, 5.74) is 0.432. The minimum Gasteiger partial charge on any atom is -0.355 e. The van der Waals surface area contributed by atoms with Crippen LogP contribution in [-0.4, -0.2) is 32.5 Å². The molecule has 1 N–H and O–H groups in total. The number of amides is 1. The van der Waals surface area contributed by atoms with Gasteiger partial charge < -0.3 is 9.88 Å². The van der Waals surface area contributed by atoms with Gasteiger partial charge in [0.2, 0.25) is 5.91 Å². The second-order valence-corrected chi connectivity index (χ2v) is 9.61. The molecule has 0 saturated heterocycles. The highest BCUT2D eigenvalue weighted by molar-refractivity contribution is 8.00. The molecule has 1 heterocycles. The Bertz CT molecular complexity index is 817. The van der Waals surface area contributed by atoms with Crippen molar-refractivity contribution in [3.63, 3.8) is 0 Å². The first-order valence-electron chi connectivity index (χ1n) is 10.6. The average molecular weight is 419 g/mol. The fraction of sp³-hybridized carbons (Fsp3) is 0.591. The number of benzene rings is 1. The molecule has 1 fully saturated rings. The Morgan fingerprint density at radius 3 is 2.62 bits per heavy atom. The van der Waals surface area contributed by atoms with E-state index in [-0.39, 0.29) is 17.0 Å². The number of aromatic nitrogens is 3. The number of carbonyl (C=O) groups is 1. The molecular formula is C22H31FN4OS. The molecule has 158 valence electrons. The van der Waals surface area contributed by atoms with Crippen molar-refractivity contribution in [1.29, 1.82) is 0 Å². The highest BCUT2D eigenvalue weighted by atomic mass is 32.2. The predicted molar refractivity (Wildman–Crippen MR) is 115 cm³/mol. The van der Waals surface area contributed by atoms with Gasteiger partial charge in [-0.15, -0.1) is 10.2 Å². The summed E-state index contributed by atoms with van der Waals surface area (Å²) < 4.78 is 16.2. The molecule has 1 aliphatic carbocycles. The van der Waals surface area contributed by atoms with Gasteiger partial charge in [-0.1, -0.05) is 57.0 Å². The van der Waals surface area contributed by atoms with E-state index in [1.807, 2.05) is 11.5 Å². The molecule has 1 atom stereocenters. The molecule has 0 bridgehead atoms. The minimum absolute atomic E-state index is 0.0205. The number of carbonyl (C=O) groups excluding carboxylic acids is 1. The lowest BCUT2D eigenvalue weighted by Gasteiger charge is -2.22. The molecular weight excluding hydrogens is 387 g/mol. The third-order valence-corrected chi connectivity index (χ3v) is 6.40. The van der Waals surface area contributed by atoms with Crippen LogP contribution in [0, 0.1) is 17.7 Å². The number of halogens is 1. The summed E-state index contributed by atoms with van der Waals surface area (Å²) in [6.45, 7) is 7.50. The van der Waals surface area contributed by atoms with Gasteiger partial charge in [-0.25, -0.2) is 4.39 Å². The van der Waals surface area contributed by atoms with Crippen LogP contribution in [0.1, 0.15) is 52.9 Å². The van der Waals surface area contributed by atoms with E-state index in [1.54, 1.807) is 18.2 Å². The maximum absolute atomic E-state index is 14.3. The molecule has 1 aromatic heterocycles. The van der Waals surface area contributed by atoms with Crippen molar-refractivity contribution < 1.29 is 9.18 Å². The first-order chi connectivity index (χ1) is 14.0. The lowest BCUT2D eigenvalue weighted by Crippen LogP contribution is -2.35. The average Bonchev–Trinajstić information content (AvgIpc) is 3.08. The van der Waals surface area contributed by atoms with E-state index in [4.69, 9.17) is 0 Å². The van der Waals surface area contributed by atoms with Gasteiger partial charge in [-0.3, -0.25) is 4.79 Å². The summed E-state index contributed by atoms with van der Waals surface area (Å²) in [7, 11) is 0. The SMILES string of the molecule is CC(C)Cn1c(S[C@@H](C)C(=O)NCC2CCCCC2)nnc1-c1ccccc1F. The molecule has 29 heavy (non-hydrogen) atoms. The quantitative estimate of drug-likeness (QED) is 0.618. The fourth-order valence-corrected chi connectivity index (χ4v) is 4.62. The zero-order valence-electron chi connectivity index (χ0n) is 17.5. The zero-order valence-corrected chi connectivity index (χ0v) is 18.3. The Morgan fingerprint density at radius 1 is 1.21 bits per heavy atom. The first kappa shape index (κ1) is 21.8. The van der Waals surface area contributed by atoms with Gasteiger partial charge >= 0.3 is 0 Å². The molecule has 3 rings (SSSR count). The number of rotatable bonds is 8. The summed E-state index contributed by atoms with van der Waals surface area (Å²) in [5.74, 6) is 1.15. The Hall–Kier alpha value is -1.89. The molecule has 2 aromatic rings. The number of hydrogen-bond acceptors (Lipinski definition) is 4. The summed E-state index contributed by atoms with van der Waals surface area (Å²) in [6, 6.07) is 6.60. The third-order valence-electron chi connectivity index (χ3n) is 5.32. The van der Waals surface area contributed by atoms with E-state index in [0.717, 1.165) is 6.54 Å². The third kappa shape index (κ3) is 5.81. The monoisotopic (exact) mass is 418 g/mol. The van der Waals surface area contributed by atoms with E-state index >= 15 is 0 Å². The van der Waals surface area contributed by atoms with Crippen LogP contribution in [0.25, 0.3) is 11.4 Å². The zero-order chi connectivity index (χ0) is 20.8. The van der Waals surface area contributed by atoms with Gasteiger partial charge in [-0.05, 0) is 43.7 Å². The predicted octanol–water partition coefficient (Wildman–Crippen LogP) is 4.92. The van der Waals surface area contributed by atoms with Crippen LogP contribution in [0.2, 0.25) is 0 Å². The molecule has 0 aliphatic heterocycles. The second kappa shape index (κ2) is 10.2. The van der Waals surface area contributed by atoms with Gasteiger partial charge in [0, 0.05) is 13.1 Å². The summed E-state index contributed by atoms with van der Waals surface area (Å²) >= 11 is 1.38. The normalized spacial score (nSPS) is 16.2. The molecule has 1 amide bonds. The maximum atomic E-state index is 14.3. The standard InChI is InChI=1S/C22H31FN4OS/c1-15(2)14-27-20(18-11-7-8-12-19(18)23)25-26-22(27)29-16(3)21(28)24-13-17-9-5-4-6-10-17/h7-8,11-12,15-17H,4-6,9-10,13-14H2,1-3H3,(H,24,28)/t16-/m0/s1. The summed E-state index contributed by atoms with van der Waals surface area (Å²) in [5, 5.41) is 12.0. The molecule has 5 nitrogen and oxygen atoms in total. The Kier molecular flexibility index (Phi) is 7.70. The van der Waals surface area contributed by atoms with Gasteiger partial charge in [0.1, 0.15) is 5.82 Å². The molecule has 0 radical (unpaired) electrons. The largest absolute Gasteiger partial charge is 0.355 e. The number of thioether (sulfide) groups is 1. The summed E-state index contributed by atoms with van der Waals surface area (Å²) in [4.78, 5) is 12.6. The van der Waals surface area contributed by atoms with Crippen LogP contribution >= 0.6 is 11.8 Å². The van der Waals surface area contributed by atoms with Crippen LogP contribution in [0.3, 0.4) is 0 Å². The van der Waals surface area contributed by atoms with E-state index < -0.39 is 0 Å². The van der Waals surface area contributed by atoms with E-state index in [1.165, 1.54) is 49.9 Å². The molecule has 1 saturated carbocycles. The van der Waals surface area contributed by atoms with Gasteiger partial charge in [0.25, 0.3) is 0 Å². The van der Waals surface area contributed by atoms with Crippen molar-refractivity contribution in [1.82, 2.24) is 20.1 Å². The van der Waals surface area contributed by atoms with Gasteiger partial charge in [-0.2, -0.15) is 0 Å². The highest BCUT2D eigenvalue weighted by Gasteiger charge is 2.23. The Labute approximate surface area is 176 Å². The van der Waals surface area contributed by atoms with Crippen LogP contribution in [-0.2, 0) is 11.3 Å². The van der Waals surface area contributed by atoms with Gasteiger partial charge in [0.15, 0.2) is 11.0 Å². The van der Waals surface area contributed by atoms with Crippen molar-refractivity contribution in [3.8, 4) is 11.4 Å². The maximum Gasteiger partial charge on any atom is 0.233 e. The van der Waals surface area contributed by atoms with Crippen LogP contribution in [0.4, 0.5) is 4.39 Å². The fourth-order valence-electron chi connectivity index (χ4n) is 3.74. The summed E-state index contributed by atoms with van der Waals surface area (Å²) in [6.07, 6.45) is 6.25. The highest BCUT2D eigenvalue weighted by Crippen LogP contribution is 2.29. The second-order valence-electron chi connectivity index (χ2n) is 8.30. The Balaban J connectivity index is 1.70. The minimum atomic E-state index is -0.320. The van der Waals surface area contributed by atoms with Crippen molar-refractivity contribution in [2.24, 2.45) is 11.8 Å². The van der Waals surface area contributed by atoms with Crippen molar-refractivity contribution in [2.75, 3.05) is 6.54 Å².